The summed E-state index contributed by atoms with van der Waals surface area (Å²) >= 11 is 0. The molecule has 30 heavy (non-hydrogen) atoms. The normalized spacial score (nSPS) is 19.0. The summed E-state index contributed by atoms with van der Waals surface area (Å²) in [6.07, 6.45) is 6.87. The van der Waals surface area contributed by atoms with Gasteiger partial charge >= 0.3 is 11.9 Å². The molecule has 1 fully saturated rings. The van der Waals surface area contributed by atoms with Crippen LogP contribution in [-0.4, -0.2) is 40.4 Å². The first-order chi connectivity index (χ1) is 14.2. The van der Waals surface area contributed by atoms with Gasteiger partial charge in [-0.15, -0.1) is 11.8 Å². The van der Waals surface area contributed by atoms with E-state index in [2.05, 4.69) is 25.7 Å². The average Bonchev–Trinajstić information content (AvgIpc) is 2.92. The van der Waals surface area contributed by atoms with Crippen LogP contribution in [0.2, 0.25) is 0 Å². The molecule has 0 bridgehead atoms. The Morgan fingerprint density at radius 2 is 2.03 bits per heavy atom. The van der Waals surface area contributed by atoms with E-state index in [1.54, 1.807) is 18.2 Å². The molecule has 1 aliphatic rings. The maximum atomic E-state index is 14.0. The Kier molecular flexibility index (Phi) is 8.58. The fourth-order valence-corrected chi connectivity index (χ4v) is 3.33. The molecule has 1 aliphatic heterocycles. The van der Waals surface area contributed by atoms with Crippen LogP contribution in [0, 0.1) is 17.8 Å². The van der Waals surface area contributed by atoms with Gasteiger partial charge in [-0.1, -0.05) is 38.1 Å². The number of rotatable bonds is 9. The summed E-state index contributed by atoms with van der Waals surface area (Å²) < 4.78 is 28.0. The predicted molar refractivity (Wildman–Crippen MR) is 112 cm³/mol. The van der Waals surface area contributed by atoms with E-state index in [0.29, 0.717) is 12.3 Å². The third-order valence-electron chi connectivity index (χ3n) is 5.13. The Morgan fingerprint density at radius 1 is 1.33 bits per heavy atom. The lowest BCUT2D eigenvalue weighted by Crippen LogP contribution is -2.37. The first kappa shape index (κ1) is 23.6. The van der Waals surface area contributed by atoms with Crippen molar-refractivity contribution in [1.29, 1.82) is 0 Å². The SMILES string of the molecule is CCCC#CCC(C)C/C=C/C1CC(F)(F)C(=O)N1CCc1ccc(C(=O)O)cc1. The van der Waals surface area contributed by atoms with Gasteiger partial charge in [-0.3, -0.25) is 4.79 Å². The number of allylic oxidation sites excluding steroid dienone is 1. The molecule has 162 valence electrons. The number of nitrogens with zero attached hydrogens (tertiary/aromatic N) is 1. The molecule has 0 radical (unpaired) electrons. The second-order valence-corrected chi connectivity index (χ2v) is 7.80. The van der Waals surface area contributed by atoms with Crippen molar-refractivity contribution in [2.24, 2.45) is 5.92 Å². The molecular weight excluding hydrogens is 388 g/mol. The van der Waals surface area contributed by atoms with Crippen LogP contribution in [0.15, 0.2) is 36.4 Å². The van der Waals surface area contributed by atoms with E-state index in [9.17, 15) is 18.4 Å². The topological polar surface area (TPSA) is 57.6 Å². The fraction of sp³-hybridized carbons (Fsp3) is 0.500. The summed E-state index contributed by atoms with van der Waals surface area (Å²) in [5, 5.41) is 8.95. The van der Waals surface area contributed by atoms with Gasteiger partial charge in [-0.2, -0.15) is 8.78 Å². The van der Waals surface area contributed by atoms with Gasteiger partial charge in [0.05, 0.1) is 11.6 Å². The van der Waals surface area contributed by atoms with Crippen LogP contribution >= 0.6 is 0 Å². The number of halogens is 2. The van der Waals surface area contributed by atoms with Crippen LogP contribution in [0.1, 0.15) is 61.9 Å². The summed E-state index contributed by atoms with van der Waals surface area (Å²) in [4.78, 5) is 24.3. The molecule has 0 spiro atoms. The van der Waals surface area contributed by atoms with Crippen molar-refractivity contribution in [3.8, 4) is 11.8 Å². The van der Waals surface area contributed by atoms with Crippen LogP contribution < -0.4 is 0 Å². The van der Waals surface area contributed by atoms with Gasteiger partial charge in [-0.25, -0.2) is 4.79 Å². The molecule has 2 atom stereocenters. The monoisotopic (exact) mass is 417 g/mol. The minimum absolute atomic E-state index is 0.161. The quantitative estimate of drug-likeness (QED) is 0.457. The third kappa shape index (κ3) is 6.69. The van der Waals surface area contributed by atoms with Crippen LogP contribution in [-0.2, 0) is 11.2 Å². The zero-order valence-electron chi connectivity index (χ0n) is 17.5. The molecule has 6 heteroatoms. The van der Waals surface area contributed by atoms with Crippen LogP contribution in [0.3, 0.4) is 0 Å². The van der Waals surface area contributed by atoms with Crippen molar-refractivity contribution in [2.45, 2.75) is 64.3 Å². The van der Waals surface area contributed by atoms with Crippen LogP contribution in [0.25, 0.3) is 0 Å². The third-order valence-corrected chi connectivity index (χ3v) is 5.13. The predicted octanol–water partition coefficient (Wildman–Crippen LogP) is 4.94. The van der Waals surface area contributed by atoms with E-state index in [4.69, 9.17) is 5.11 Å². The van der Waals surface area contributed by atoms with Gasteiger partial charge in [0.15, 0.2) is 0 Å². The zero-order chi connectivity index (χ0) is 22.1. The Balaban J connectivity index is 1.95. The molecule has 2 rings (SSSR count). The molecule has 1 N–H and O–H groups in total. The molecular formula is C24H29F2NO3. The van der Waals surface area contributed by atoms with E-state index in [1.807, 2.05) is 6.08 Å². The number of hydrogen-bond donors (Lipinski definition) is 1. The van der Waals surface area contributed by atoms with Gasteiger partial charge in [0.2, 0.25) is 0 Å². The highest BCUT2D eigenvalue weighted by Crippen LogP contribution is 2.34. The number of aromatic carboxylic acids is 1. The minimum atomic E-state index is -3.35. The molecule has 1 aromatic rings. The van der Waals surface area contributed by atoms with E-state index in [1.165, 1.54) is 17.0 Å². The van der Waals surface area contributed by atoms with Crippen molar-refractivity contribution >= 4 is 11.9 Å². The minimum Gasteiger partial charge on any atom is -0.478 e. The molecule has 0 aliphatic carbocycles. The lowest BCUT2D eigenvalue weighted by molar-refractivity contribution is -0.148. The number of amides is 1. The summed E-state index contributed by atoms with van der Waals surface area (Å²) in [6, 6.07) is 5.60. The summed E-state index contributed by atoms with van der Waals surface area (Å²) in [5.74, 6) is 1.06. The van der Waals surface area contributed by atoms with Crippen molar-refractivity contribution in [1.82, 2.24) is 4.90 Å². The molecule has 1 amide bonds. The number of benzene rings is 1. The number of carbonyl (C=O) groups is 2. The van der Waals surface area contributed by atoms with Gasteiger partial charge in [-0.05, 0) is 42.9 Å². The van der Waals surface area contributed by atoms with Crippen molar-refractivity contribution in [2.75, 3.05) is 6.54 Å². The number of carboxylic acids is 1. The molecule has 1 heterocycles. The first-order valence-electron chi connectivity index (χ1n) is 10.4. The van der Waals surface area contributed by atoms with Gasteiger partial charge in [0.25, 0.3) is 5.91 Å². The summed E-state index contributed by atoms with van der Waals surface area (Å²) in [7, 11) is 0. The van der Waals surface area contributed by atoms with Crippen molar-refractivity contribution in [3.05, 3.63) is 47.5 Å². The van der Waals surface area contributed by atoms with E-state index >= 15 is 0 Å². The van der Waals surface area contributed by atoms with Gasteiger partial charge in [0.1, 0.15) is 0 Å². The molecule has 4 nitrogen and oxygen atoms in total. The Labute approximate surface area is 177 Å². The summed E-state index contributed by atoms with van der Waals surface area (Å²) in [5.41, 5.74) is 0.960. The molecule has 0 saturated carbocycles. The van der Waals surface area contributed by atoms with Crippen molar-refractivity contribution in [3.63, 3.8) is 0 Å². The second-order valence-electron chi connectivity index (χ2n) is 7.80. The van der Waals surface area contributed by atoms with Crippen LogP contribution in [0.4, 0.5) is 8.78 Å². The maximum absolute atomic E-state index is 14.0. The second kappa shape index (κ2) is 10.9. The molecule has 1 aromatic carbocycles. The standard InChI is InChI=1S/C24H29F2NO3/c1-3-4-5-6-8-18(2)9-7-10-21-17-24(25,26)23(30)27(21)16-15-19-11-13-20(14-12-19)22(28)29/h7,10-14,18,21H,3-4,8-9,15-17H2,1-2H3,(H,28,29)/b10-7+. The number of alkyl halides is 2. The largest absolute Gasteiger partial charge is 0.478 e. The van der Waals surface area contributed by atoms with Crippen LogP contribution in [0.5, 0.6) is 0 Å². The lowest BCUT2D eigenvalue weighted by Gasteiger charge is -2.22. The number of carboxylic acid groups (broad SMARTS) is 1. The highest BCUT2D eigenvalue weighted by Gasteiger charge is 2.52. The zero-order valence-corrected chi connectivity index (χ0v) is 17.5. The Hall–Kier alpha value is -2.68. The van der Waals surface area contributed by atoms with Crippen molar-refractivity contribution < 1.29 is 23.5 Å². The number of unbranched alkanes of at least 4 members (excludes halogenated alkanes) is 1. The Bertz CT molecular complexity index is 821. The lowest BCUT2D eigenvalue weighted by atomic mass is 10.0. The smallest absolute Gasteiger partial charge is 0.335 e. The molecule has 0 aromatic heterocycles. The summed E-state index contributed by atoms with van der Waals surface area (Å²) in [6.45, 7) is 4.31. The maximum Gasteiger partial charge on any atom is 0.335 e. The number of likely N-dealkylation sites (tertiary alicyclic amines) is 1. The highest BCUT2D eigenvalue weighted by molar-refractivity contribution is 5.87. The van der Waals surface area contributed by atoms with Gasteiger partial charge < -0.3 is 10.0 Å². The van der Waals surface area contributed by atoms with Gasteiger partial charge in [0, 0.05) is 25.8 Å². The Morgan fingerprint density at radius 3 is 2.67 bits per heavy atom. The highest BCUT2D eigenvalue weighted by atomic mass is 19.3. The number of hydrogen-bond acceptors (Lipinski definition) is 2. The fourth-order valence-electron chi connectivity index (χ4n) is 3.33. The average molecular weight is 417 g/mol. The molecule has 1 saturated heterocycles. The molecule has 2 unspecified atom stereocenters. The van der Waals surface area contributed by atoms with E-state index in [-0.39, 0.29) is 12.1 Å². The van der Waals surface area contributed by atoms with E-state index in [0.717, 1.165) is 31.2 Å². The number of carbonyl (C=O) groups excluding carboxylic acids is 1. The first-order valence-corrected chi connectivity index (χ1v) is 10.4. The van der Waals surface area contributed by atoms with E-state index < -0.39 is 30.3 Å².